The van der Waals surface area contributed by atoms with Crippen molar-refractivity contribution in [2.45, 2.75) is 13.2 Å². The Balaban J connectivity index is 2.62. The van der Waals surface area contributed by atoms with Crippen molar-refractivity contribution in [2.75, 3.05) is 0 Å². The zero-order valence-electron chi connectivity index (χ0n) is 6.34. The molecule has 1 aliphatic heterocycles. The van der Waals surface area contributed by atoms with Crippen LogP contribution in [0.25, 0.3) is 0 Å². The number of aldehydes is 1. The summed E-state index contributed by atoms with van der Waals surface area (Å²) in [6, 6.07) is 3.51. The van der Waals surface area contributed by atoms with Gasteiger partial charge in [0.15, 0.2) is 0 Å². The summed E-state index contributed by atoms with van der Waals surface area (Å²) in [6.07, 6.45) is 0.819. The topological polar surface area (TPSA) is 26.3 Å². The molecule has 0 unspecified atom stereocenters. The van der Waals surface area contributed by atoms with Gasteiger partial charge in [0.05, 0.1) is 13.2 Å². The van der Waals surface area contributed by atoms with Crippen molar-refractivity contribution in [1.29, 1.82) is 0 Å². The lowest BCUT2D eigenvalue weighted by molar-refractivity contribution is 0.111. The Hall–Kier alpha value is -0.860. The minimum absolute atomic E-state index is 0.528. The maximum Gasteiger partial charge on any atom is 0.150 e. The van der Waals surface area contributed by atoms with E-state index in [1.54, 1.807) is 6.07 Å². The van der Waals surface area contributed by atoms with Crippen molar-refractivity contribution < 1.29 is 9.53 Å². The van der Waals surface area contributed by atoms with Crippen LogP contribution >= 0.6 is 11.6 Å². The minimum Gasteiger partial charge on any atom is -0.372 e. The molecule has 0 aromatic heterocycles. The van der Waals surface area contributed by atoms with E-state index in [4.69, 9.17) is 16.3 Å². The normalized spacial score (nSPS) is 14.4. The van der Waals surface area contributed by atoms with E-state index < -0.39 is 0 Å². The quantitative estimate of drug-likeness (QED) is 0.623. The number of benzene rings is 1. The summed E-state index contributed by atoms with van der Waals surface area (Å²) in [4.78, 5) is 10.6. The Morgan fingerprint density at radius 1 is 1.42 bits per heavy atom. The van der Waals surface area contributed by atoms with Crippen LogP contribution in [0.2, 0.25) is 5.02 Å². The largest absolute Gasteiger partial charge is 0.372 e. The number of rotatable bonds is 1. The van der Waals surface area contributed by atoms with E-state index in [0.29, 0.717) is 23.8 Å². The molecule has 0 saturated carbocycles. The molecule has 0 fully saturated rings. The number of ether oxygens (including phenoxy) is 1. The highest BCUT2D eigenvalue weighted by Gasteiger charge is 2.15. The Morgan fingerprint density at radius 3 is 3.00 bits per heavy atom. The molecule has 0 atom stereocenters. The van der Waals surface area contributed by atoms with Crippen molar-refractivity contribution in [1.82, 2.24) is 0 Å². The van der Waals surface area contributed by atoms with Crippen LogP contribution in [0.15, 0.2) is 12.1 Å². The molecule has 1 aliphatic rings. The number of hydrogen-bond donors (Lipinski definition) is 0. The smallest absolute Gasteiger partial charge is 0.150 e. The number of hydrogen-bond acceptors (Lipinski definition) is 2. The van der Waals surface area contributed by atoms with E-state index in [0.717, 1.165) is 17.4 Å². The van der Waals surface area contributed by atoms with Gasteiger partial charge in [0.25, 0.3) is 0 Å². The second-order valence-electron chi connectivity index (χ2n) is 2.74. The molecular formula is C9H7ClO2. The Kier molecular flexibility index (Phi) is 1.87. The van der Waals surface area contributed by atoms with Crippen molar-refractivity contribution in [2.24, 2.45) is 0 Å². The molecule has 2 nitrogen and oxygen atoms in total. The molecule has 2 rings (SSSR count). The first-order chi connectivity index (χ1) is 5.81. The minimum atomic E-state index is 0.528. The lowest BCUT2D eigenvalue weighted by atomic mass is 10.0. The molecule has 0 N–H and O–H groups in total. The van der Waals surface area contributed by atoms with Gasteiger partial charge in [0.2, 0.25) is 0 Å². The molecule has 3 heteroatoms. The molecule has 62 valence electrons. The molecular weight excluding hydrogens is 176 g/mol. The molecule has 1 heterocycles. The first-order valence-electron chi connectivity index (χ1n) is 3.65. The summed E-state index contributed by atoms with van der Waals surface area (Å²) in [6.45, 7) is 1.09. The van der Waals surface area contributed by atoms with Gasteiger partial charge in [-0.05, 0) is 23.3 Å². The van der Waals surface area contributed by atoms with Gasteiger partial charge in [0.1, 0.15) is 6.29 Å². The fraction of sp³-hybridized carbons (Fsp3) is 0.222. The van der Waals surface area contributed by atoms with E-state index in [9.17, 15) is 4.79 Å². The van der Waals surface area contributed by atoms with Crippen molar-refractivity contribution >= 4 is 17.9 Å². The predicted molar refractivity (Wildman–Crippen MR) is 45.3 cm³/mol. The van der Waals surface area contributed by atoms with Gasteiger partial charge in [0, 0.05) is 10.6 Å². The second kappa shape index (κ2) is 2.88. The van der Waals surface area contributed by atoms with Gasteiger partial charge in [-0.25, -0.2) is 0 Å². The Bertz CT molecular complexity index is 334. The third-order valence-corrected chi connectivity index (χ3v) is 2.19. The summed E-state index contributed by atoms with van der Waals surface area (Å²) < 4.78 is 5.19. The summed E-state index contributed by atoms with van der Waals surface area (Å²) >= 11 is 5.79. The SMILES string of the molecule is O=Cc1cc(Cl)cc2c1COC2. The van der Waals surface area contributed by atoms with Crippen LogP contribution in [0.1, 0.15) is 21.5 Å². The van der Waals surface area contributed by atoms with Crippen molar-refractivity contribution in [3.05, 3.63) is 33.8 Å². The Morgan fingerprint density at radius 2 is 2.25 bits per heavy atom. The van der Waals surface area contributed by atoms with Crippen LogP contribution in [-0.2, 0) is 18.0 Å². The average molecular weight is 183 g/mol. The maximum absolute atomic E-state index is 10.6. The molecule has 0 amide bonds. The fourth-order valence-corrected chi connectivity index (χ4v) is 1.64. The van der Waals surface area contributed by atoms with Crippen LogP contribution in [0.4, 0.5) is 0 Å². The first-order valence-corrected chi connectivity index (χ1v) is 4.03. The lowest BCUT2D eigenvalue weighted by Crippen LogP contribution is -1.91. The highest BCUT2D eigenvalue weighted by atomic mass is 35.5. The van der Waals surface area contributed by atoms with Gasteiger partial charge >= 0.3 is 0 Å². The number of carbonyl (C=O) groups is 1. The maximum atomic E-state index is 10.6. The highest BCUT2D eigenvalue weighted by molar-refractivity contribution is 6.31. The van der Waals surface area contributed by atoms with Gasteiger partial charge in [-0.15, -0.1) is 0 Å². The molecule has 0 radical (unpaired) electrons. The molecule has 0 bridgehead atoms. The summed E-state index contributed by atoms with van der Waals surface area (Å²) in [7, 11) is 0. The van der Waals surface area contributed by atoms with Crippen LogP contribution in [-0.4, -0.2) is 6.29 Å². The van der Waals surface area contributed by atoms with E-state index in [1.807, 2.05) is 6.07 Å². The van der Waals surface area contributed by atoms with Gasteiger partial charge in [-0.3, -0.25) is 4.79 Å². The third-order valence-electron chi connectivity index (χ3n) is 1.97. The van der Waals surface area contributed by atoms with E-state index >= 15 is 0 Å². The summed E-state index contributed by atoms with van der Waals surface area (Å²) in [5.41, 5.74) is 2.66. The summed E-state index contributed by atoms with van der Waals surface area (Å²) in [5.74, 6) is 0. The molecule has 0 spiro atoms. The summed E-state index contributed by atoms with van der Waals surface area (Å²) in [5, 5.41) is 0.598. The highest BCUT2D eigenvalue weighted by Crippen LogP contribution is 2.26. The van der Waals surface area contributed by atoms with Crippen molar-refractivity contribution in [3.8, 4) is 0 Å². The Labute approximate surface area is 75.1 Å². The van der Waals surface area contributed by atoms with Gasteiger partial charge in [-0.2, -0.15) is 0 Å². The first kappa shape index (κ1) is 7.77. The molecule has 1 aromatic carbocycles. The van der Waals surface area contributed by atoms with Crippen LogP contribution in [0.5, 0.6) is 0 Å². The van der Waals surface area contributed by atoms with Crippen molar-refractivity contribution in [3.63, 3.8) is 0 Å². The standard InChI is InChI=1S/C9H7ClO2/c10-8-1-6(3-11)9-5-12-4-7(9)2-8/h1-3H,4-5H2. The third kappa shape index (κ3) is 1.13. The zero-order valence-corrected chi connectivity index (χ0v) is 7.10. The van der Waals surface area contributed by atoms with Crippen LogP contribution in [0, 0.1) is 0 Å². The zero-order chi connectivity index (χ0) is 8.55. The molecule has 0 aliphatic carbocycles. The van der Waals surface area contributed by atoms with Crippen LogP contribution < -0.4 is 0 Å². The molecule has 12 heavy (non-hydrogen) atoms. The number of fused-ring (bicyclic) bond motifs is 1. The second-order valence-corrected chi connectivity index (χ2v) is 3.18. The predicted octanol–water partition coefficient (Wildman–Crippen LogP) is 2.18. The van der Waals surface area contributed by atoms with Gasteiger partial charge in [-0.1, -0.05) is 11.6 Å². The molecule has 0 saturated heterocycles. The van der Waals surface area contributed by atoms with Crippen LogP contribution in [0.3, 0.4) is 0 Å². The van der Waals surface area contributed by atoms with E-state index in [-0.39, 0.29) is 0 Å². The van der Waals surface area contributed by atoms with E-state index in [2.05, 4.69) is 0 Å². The van der Waals surface area contributed by atoms with E-state index in [1.165, 1.54) is 0 Å². The number of halogens is 1. The lowest BCUT2D eigenvalue weighted by Gasteiger charge is -2.00. The number of carbonyl (C=O) groups excluding carboxylic acids is 1. The molecule has 1 aromatic rings. The average Bonchev–Trinajstić information content (AvgIpc) is 2.50. The monoisotopic (exact) mass is 182 g/mol. The van der Waals surface area contributed by atoms with Gasteiger partial charge < -0.3 is 4.74 Å². The fourth-order valence-electron chi connectivity index (χ4n) is 1.39.